The van der Waals surface area contributed by atoms with Crippen LogP contribution in [0.15, 0.2) is 0 Å². The third-order valence-electron chi connectivity index (χ3n) is 2.47. The second-order valence-corrected chi connectivity index (χ2v) is 7.57. The number of nitrogens with two attached hydrogens (primary N) is 1. The number of halogens is 1. The summed E-state index contributed by atoms with van der Waals surface area (Å²) in [7, 11) is 1.86. The van der Waals surface area contributed by atoms with Gasteiger partial charge in [-0.1, -0.05) is 32.4 Å². The van der Waals surface area contributed by atoms with E-state index >= 15 is 0 Å². The van der Waals surface area contributed by atoms with Crippen molar-refractivity contribution in [2.75, 3.05) is 5.75 Å². The predicted octanol–water partition coefficient (Wildman–Crippen LogP) is 2.78. The van der Waals surface area contributed by atoms with E-state index in [4.69, 9.17) is 17.3 Å². The van der Waals surface area contributed by atoms with E-state index in [1.165, 1.54) is 0 Å². The SMILES string of the molecule is Cc1nn(C)c(Cl)c1CC(N)CSC(C)(C)C. The largest absolute Gasteiger partial charge is 0.327 e. The van der Waals surface area contributed by atoms with Crippen LogP contribution in [0.4, 0.5) is 0 Å². The Morgan fingerprint density at radius 2 is 2.06 bits per heavy atom. The molecule has 1 unspecified atom stereocenters. The first kappa shape index (κ1) is 14.9. The van der Waals surface area contributed by atoms with Gasteiger partial charge in [0.25, 0.3) is 0 Å². The summed E-state index contributed by atoms with van der Waals surface area (Å²) >= 11 is 8.07. The van der Waals surface area contributed by atoms with Crippen LogP contribution in [0.3, 0.4) is 0 Å². The number of aromatic nitrogens is 2. The lowest BCUT2D eigenvalue weighted by molar-refractivity contribution is 0.730. The zero-order valence-electron chi connectivity index (χ0n) is 11.2. The van der Waals surface area contributed by atoms with Crippen LogP contribution in [0, 0.1) is 6.92 Å². The Labute approximate surface area is 113 Å². The molecule has 0 radical (unpaired) electrons. The Morgan fingerprint density at radius 1 is 1.47 bits per heavy atom. The third kappa shape index (κ3) is 4.53. The first-order chi connectivity index (χ1) is 7.70. The van der Waals surface area contributed by atoms with Crippen LogP contribution in [-0.2, 0) is 13.5 Å². The summed E-state index contributed by atoms with van der Waals surface area (Å²) in [5.41, 5.74) is 8.20. The van der Waals surface area contributed by atoms with Crippen molar-refractivity contribution >= 4 is 23.4 Å². The molecule has 0 saturated heterocycles. The molecule has 1 aromatic rings. The Kier molecular flexibility index (Phi) is 4.93. The van der Waals surface area contributed by atoms with Crippen LogP contribution in [0.25, 0.3) is 0 Å². The average Bonchev–Trinajstić information content (AvgIpc) is 2.41. The number of rotatable bonds is 4. The van der Waals surface area contributed by atoms with Gasteiger partial charge in [-0.15, -0.1) is 0 Å². The van der Waals surface area contributed by atoms with Crippen molar-refractivity contribution in [2.24, 2.45) is 12.8 Å². The first-order valence-corrected chi connectivity index (χ1v) is 7.14. The maximum atomic E-state index is 6.19. The second kappa shape index (κ2) is 5.63. The van der Waals surface area contributed by atoms with E-state index in [1.807, 2.05) is 25.7 Å². The molecule has 0 aliphatic heterocycles. The summed E-state index contributed by atoms with van der Waals surface area (Å²) in [5.74, 6) is 0.939. The fraction of sp³-hybridized carbons (Fsp3) is 0.750. The van der Waals surface area contributed by atoms with Crippen LogP contribution in [0.2, 0.25) is 5.15 Å². The molecule has 0 spiro atoms. The standard InChI is InChI=1S/C12H22ClN3S/c1-8-10(11(13)16(5)15-8)6-9(14)7-17-12(2,3)4/h9H,6-7,14H2,1-5H3. The number of nitrogens with zero attached hydrogens (tertiary/aromatic N) is 2. The quantitative estimate of drug-likeness (QED) is 0.919. The van der Waals surface area contributed by atoms with Crippen LogP contribution in [-0.4, -0.2) is 26.3 Å². The molecule has 0 bridgehead atoms. The molecule has 1 rings (SSSR count). The van der Waals surface area contributed by atoms with E-state index in [2.05, 4.69) is 25.9 Å². The van der Waals surface area contributed by atoms with Gasteiger partial charge < -0.3 is 5.73 Å². The summed E-state index contributed by atoms with van der Waals surface area (Å²) in [6.07, 6.45) is 0.793. The number of hydrogen-bond donors (Lipinski definition) is 1. The summed E-state index contributed by atoms with van der Waals surface area (Å²) in [4.78, 5) is 0. The predicted molar refractivity (Wildman–Crippen MR) is 76.8 cm³/mol. The van der Waals surface area contributed by atoms with Gasteiger partial charge in [0.05, 0.1) is 5.69 Å². The molecule has 1 atom stereocenters. The van der Waals surface area contributed by atoms with Crippen molar-refractivity contribution in [3.8, 4) is 0 Å². The smallest absolute Gasteiger partial charge is 0.130 e. The Balaban J connectivity index is 2.59. The Morgan fingerprint density at radius 3 is 2.47 bits per heavy atom. The molecular weight excluding hydrogens is 254 g/mol. The molecule has 3 nitrogen and oxygen atoms in total. The van der Waals surface area contributed by atoms with Gasteiger partial charge in [-0.25, -0.2) is 0 Å². The molecule has 1 aromatic heterocycles. The van der Waals surface area contributed by atoms with Gasteiger partial charge in [0.2, 0.25) is 0 Å². The van der Waals surface area contributed by atoms with Crippen LogP contribution in [0.5, 0.6) is 0 Å². The Hall–Kier alpha value is -0.190. The highest BCUT2D eigenvalue weighted by Gasteiger charge is 2.17. The van der Waals surface area contributed by atoms with Gasteiger partial charge in [0, 0.05) is 29.2 Å². The molecule has 98 valence electrons. The Bertz CT molecular complexity index is 382. The fourth-order valence-corrected chi connectivity index (χ4v) is 2.67. The maximum absolute atomic E-state index is 6.19. The summed E-state index contributed by atoms with van der Waals surface area (Å²) in [5, 5.41) is 5.00. The van der Waals surface area contributed by atoms with Gasteiger partial charge in [0.1, 0.15) is 5.15 Å². The molecule has 0 aromatic carbocycles. The maximum Gasteiger partial charge on any atom is 0.130 e. The summed E-state index contributed by atoms with van der Waals surface area (Å²) in [6, 6.07) is 0.125. The van der Waals surface area contributed by atoms with Crippen molar-refractivity contribution in [2.45, 2.75) is 44.9 Å². The molecule has 0 aliphatic carbocycles. The van der Waals surface area contributed by atoms with E-state index in [-0.39, 0.29) is 10.8 Å². The highest BCUT2D eigenvalue weighted by Crippen LogP contribution is 2.25. The van der Waals surface area contributed by atoms with Crippen molar-refractivity contribution in [3.05, 3.63) is 16.4 Å². The minimum atomic E-state index is 0.125. The first-order valence-electron chi connectivity index (χ1n) is 5.78. The van der Waals surface area contributed by atoms with Gasteiger partial charge in [0.15, 0.2) is 0 Å². The minimum absolute atomic E-state index is 0.125. The highest BCUT2D eigenvalue weighted by atomic mass is 35.5. The second-order valence-electron chi connectivity index (χ2n) is 5.37. The van der Waals surface area contributed by atoms with E-state index in [0.717, 1.165) is 23.4 Å². The van der Waals surface area contributed by atoms with Gasteiger partial charge >= 0.3 is 0 Å². The van der Waals surface area contributed by atoms with Crippen molar-refractivity contribution in [3.63, 3.8) is 0 Å². The monoisotopic (exact) mass is 275 g/mol. The van der Waals surface area contributed by atoms with E-state index < -0.39 is 0 Å². The lowest BCUT2D eigenvalue weighted by Crippen LogP contribution is -2.28. The minimum Gasteiger partial charge on any atom is -0.327 e. The van der Waals surface area contributed by atoms with Crippen LogP contribution >= 0.6 is 23.4 Å². The number of thioether (sulfide) groups is 1. The lowest BCUT2D eigenvalue weighted by Gasteiger charge is -2.20. The lowest BCUT2D eigenvalue weighted by atomic mass is 10.1. The zero-order chi connectivity index (χ0) is 13.2. The zero-order valence-corrected chi connectivity index (χ0v) is 12.8. The number of aryl methyl sites for hydroxylation is 2. The van der Waals surface area contributed by atoms with Gasteiger partial charge in [-0.3, -0.25) is 4.68 Å². The summed E-state index contributed by atoms with van der Waals surface area (Å²) in [6.45, 7) is 8.58. The van der Waals surface area contributed by atoms with Crippen molar-refractivity contribution in [1.29, 1.82) is 0 Å². The van der Waals surface area contributed by atoms with Crippen LogP contribution < -0.4 is 5.73 Å². The average molecular weight is 276 g/mol. The molecular formula is C12H22ClN3S. The third-order valence-corrected chi connectivity index (χ3v) is 4.40. The molecule has 0 amide bonds. The van der Waals surface area contributed by atoms with Crippen molar-refractivity contribution < 1.29 is 0 Å². The molecule has 0 fully saturated rings. The topological polar surface area (TPSA) is 43.8 Å². The molecule has 0 aliphatic rings. The van der Waals surface area contributed by atoms with Gasteiger partial charge in [-0.05, 0) is 13.3 Å². The highest BCUT2D eigenvalue weighted by molar-refractivity contribution is 8.00. The van der Waals surface area contributed by atoms with E-state index in [1.54, 1.807) is 4.68 Å². The van der Waals surface area contributed by atoms with Crippen molar-refractivity contribution in [1.82, 2.24) is 9.78 Å². The summed E-state index contributed by atoms with van der Waals surface area (Å²) < 4.78 is 1.96. The normalized spacial score (nSPS) is 14.1. The molecule has 5 heteroatoms. The van der Waals surface area contributed by atoms with E-state index in [9.17, 15) is 0 Å². The van der Waals surface area contributed by atoms with E-state index in [0.29, 0.717) is 5.15 Å². The molecule has 2 N–H and O–H groups in total. The van der Waals surface area contributed by atoms with Gasteiger partial charge in [-0.2, -0.15) is 16.9 Å². The molecule has 1 heterocycles. The molecule has 17 heavy (non-hydrogen) atoms. The fourth-order valence-electron chi connectivity index (χ4n) is 1.58. The van der Waals surface area contributed by atoms with Crippen LogP contribution in [0.1, 0.15) is 32.0 Å². The molecule has 0 saturated carbocycles. The number of hydrogen-bond acceptors (Lipinski definition) is 3.